The smallest absolute Gasteiger partial charge is 0.341 e. The van der Waals surface area contributed by atoms with Crippen molar-refractivity contribution >= 4 is 28.2 Å². The topological polar surface area (TPSA) is 64.6 Å². The Hall–Kier alpha value is -2.34. The number of hydrogen-bond donors (Lipinski definition) is 1. The Labute approximate surface area is 176 Å². The fraction of sp³-hybridized carbons (Fsp3) is 0.478. The number of rotatable bonds is 8. The highest BCUT2D eigenvalue weighted by Crippen LogP contribution is 2.40. The second-order valence-corrected chi connectivity index (χ2v) is 8.65. The standard InChI is InChI=1S/C23H29NO4S/c1-4-27-23(26)21-17-12-11-15(2)14-19(17)29-22(21)24-20(25)10-7-13-28-18-9-6-5-8-16(18)3/h5-6,8-9,15H,4,7,10-14H2,1-3H3,(H,24,25)/t15-/m0/s1. The fourth-order valence-electron chi connectivity index (χ4n) is 3.58. The molecule has 0 fully saturated rings. The van der Waals surface area contributed by atoms with Gasteiger partial charge in [0.15, 0.2) is 0 Å². The first-order chi connectivity index (χ1) is 14.0. The van der Waals surface area contributed by atoms with E-state index in [0.717, 1.165) is 36.1 Å². The van der Waals surface area contributed by atoms with E-state index in [-0.39, 0.29) is 11.9 Å². The molecule has 0 unspecified atom stereocenters. The molecule has 1 N–H and O–H groups in total. The summed E-state index contributed by atoms with van der Waals surface area (Å²) in [6.07, 6.45) is 3.82. The Bertz CT molecular complexity index is 874. The molecule has 0 spiro atoms. The number of esters is 1. The maximum absolute atomic E-state index is 12.5. The largest absolute Gasteiger partial charge is 0.493 e. The van der Waals surface area contributed by atoms with Gasteiger partial charge in [0.05, 0.1) is 18.8 Å². The molecule has 0 saturated heterocycles. The van der Waals surface area contributed by atoms with Crippen LogP contribution in [0.5, 0.6) is 5.75 Å². The number of carbonyl (C=O) groups excluding carboxylic acids is 2. The van der Waals surface area contributed by atoms with Crippen LogP contribution >= 0.6 is 11.3 Å². The number of fused-ring (bicyclic) bond motifs is 1. The Morgan fingerprint density at radius 1 is 1.28 bits per heavy atom. The summed E-state index contributed by atoms with van der Waals surface area (Å²) < 4.78 is 11.0. The number of hydrogen-bond acceptors (Lipinski definition) is 5. The second-order valence-electron chi connectivity index (χ2n) is 7.54. The second kappa shape index (κ2) is 9.92. The van der Waals surface area contributed by atoms with Gasteiger partial charge in [0.25, 0.3) is 0 Å². The van der Waals surface area contributed by atoms with Crippen LogP contribution in [0.1, 0.15) is 59.5 Å². The minimum Gasteiger partial charge on any atom is -0.493 e. The summed E-state index contributed by atoms with van der Waals surface area (Å²) in [6, 6.07) is 7.83. The maximum Gasteiger partial charge on any atom is 0.341 e. The third-order valence-corrected chi connectivity index (χ3v) is 6.31. The minimum atomic E-state index is -0.335. The maximum atomic E-state index is 12.5. The molecule has 3 rings (SSSR count). The van der Waals surface area contributed by atoms with Crippen LogP contribution in [0.3, 0.4) is 0 Å². The minimum absolute atomic E-state index is 0.101. The van der Waals surface area contributed by atoms with Crippen LogP contribution in [0, 0.1) is 12.8 Å². The molecule has 0 saturated carbocycles. The van der Waals surface area contributed by atoms with E-state index in [1.165, 1.54) is 16.2 Å². The zero-order chi connectivity index (χ0) is 20.8. The van der Waals surface area contributed by atoms with Crippen LogP contribution in [0.15, 0.2) is 24.3 Å². The first-order valence-corrected chi connectivity index (χ1v) is 11.1. The van der Waals surface area contributed by atoms with Crippen LogP contribution < -0.4 is 10.1 Å². The summed E-state index contributed by atoms with van der Waals surface area (Å²) in [7, 11) is 0. The summed E-state index contributed by atoms with van der Waals surface area (Å²) in [6.45, 7) is 6.81. The molecule has 156 valence electrons. The van der Waals surface area contributed by atoms with E-state index in [1.807, 2.05) is 31.2 Å². The summed E-state index contributed by atoms with van der Waals surface area (Å²) in [5, 5.41) is 3.59. The van der Waals surface area contributed by atoms with Gasteiger partial charge >= 0.3 is 5.97 Å². The normalized spacial score (nSPS) is 15.5. The highest BCUT2D eigenvalue weighted by Gasteiger charge is 2.29. The molecule has 6 heteroatoms. The van der Waals surface area contributed by atoms with Crippen molar-refractivity contribution in [2.24, 2.45) is 5.92 Å². The third-order valence-electron chi connectivity index (χ3n) is 5.14. The summed E-state index contributed by atoms with van der Waals surface area (Å²) in [5.74, 6) is 1.00. The molecule has 1 aromatic carbocycles. The molecular weight excluding hydrogens is 386 g/mol. The van der Waals surface area contributed by atoms with Crippen LogP contribution in [0.25, 0.3) is 0 Å². The zero-order valence-electron chi connectivity index (χ0n) is 17.4. The fourth-order valence-corrected chi connectivity index (χ4v) is 5.00. The van der Waals surface area contributed by atoms with Gasteiger partial charge in [0.2, 0.25) is 5.91 Å². The first kappa shape index (κ1) is 21.4. The Morgan fingerprint density at radius 2 is 2.07 bits per heavy atom. The number of amides is 1. The molecule has 1 aromatic heterocycles. The summed E-state index contributed by atoms with van der Waals surface area (Å²) >= 11 is 1.52. The van der Waals surface area contributed by atoms with Crippen molar-refractivity contribution < 1.29 is 19.1 Å². The Kier molecular flexibility index (Phi) is 7.31. The predicted octanol–water partition coefficient (Wildman–Crippen LogP) is 5.16. The molecule has 1 atom stereocenters. The van der Waals surface area contributed by atoms with Crippen molar-refractivity contribution in [3.8, 4) is 5.75 Å². The van der Waals surface area contributed by atoms with E-state index in [2.05, 4.69) is 12.2 Å². The molecule has 1 aliphatic rings. The molecule has 1 aliphatic carbocycles. The third kappa shape index (κ3) is 5.38. The molecular formula is C23H29NO4S. The van der Waals surface area contributed by atoms with Crippen molar-refractivity contribution in [3.05, 3.63) is 45.8 Å². The molecule has 1 amide bonds. The van der Waals surface area contributed by atoms with Crippen molar-refractivity contribution in [2.75, 3.05) is 18.5 Å². The van der Waals surface area contributed by atoms with Gasteiger partial charge in [-0.05, 0) is 62.6 Å². The van der Waals surface area contributed by atoms with Crippen molar-refractivity contribution in [3.63, 3.8) is 0 Å². The molecule has 0 radical (unpaired) electrons. The summed E-state index contributed by atoms with van der Waals surface area (Å²) in [4.78, 5) is 26.2. The molecule has 29 heavy (non-hydrogen) atoms. The quantitative estimate of drug-likeness (QED) is 0.478. The lowest BCUT2D eigenvalue weighted by Crippen LogP contribution is -2.17. The number of nitrogens with one attached hydrogen (secondary N) is 1. The molecule has 5 nitrogen and oxygen atoms in total. The van der Waals surface area contributed by atoms with E-state index in [0.29, 0.717) is 42.5 Å². The van der Waals surface area contributed by atoms with E-state index in [1.54, 1.807) is 6.92 Å². The number of anilines is 1. The van der Waals surface area contributed by atoms with Crippen LogP contribution in [0.2, 0.25) is 0 Å². The lowest BCUT2D eigenvalue weighted by atomic mass is 9.88. The molecule has 0 aliphatic heterocycles. The van der Waals surface area contributed by atoms with Gasteiger partial charge in [0.1, 0.15) is 10.8 Å². The van der Waals surface area contributed by atoms with Crippen molar-refractivity contribution in [1.82, 2.24) is 0 Å². The number of thiophene rings is 1. The van der Waals surface area contributed by atoms with Gasteiger partial charge in [-0.2, -0.15) is 0 Å². The highest BCUT2D eigenvalue weighted by molar-refractivity contribution is 7.17. The van der Waals surface area contributed by atoms with Gasteiger partial charge in [-0.3, -0.25) is 4.79 Å². The highest BCUT2D eigenvalue weighted by atomic mass is 32.1. The van der Waals surface area contributed by atoms with Crippen molar-refractivity contribution in [1.29, 1.82) is 0 Å². The average Bonchev–Trinajstić information content (AvgIpc) is 3.03. The number of benzene rings is 1. The Morgan fingerprint density at radius 3 is 2.83 bits per heavy atom. The van der Waals surface area contributed by atoms with Gasteiger partial charge in [0, 0.05) is 11.3 Å². The summed E-state index contributed by atoms with van der Waals surface area (Å²) in [5.41, 5.74) is 2.70. The van der Waals surface area contributed by atoms with Crippen molar-refractivity contribution in [2.45, 2.75) is 52.9 Å². The van der Waals surface area contributed by atoms with E-state index >= 15 is 0 Å². The monoisotopic (exact) mass is 415 g/mol. The lowest BCUT2D eigenvalue weighted by molar-refractivity contribution is -0.116. The van der Waals surface area contributed by atoms with Gasteiger partial charge in [-0.25, -0.2) is 4.79 Å². The van der Waals surface area contributed by atoms with Gasteiger partial charge < -0.3 is 14.8 Å². The van der Waals surface area contributed by atoms with E-state index in [4.69, 9.17) is 9.47 Å². The lowest BCUT2D eigenvalue weighted by Gasteiger charge is -2.18. The number of para-hydroxylation sites is 1. The first-order valence-electron chi connectivity index (χ1n) is 10.3. The van der Waals surface area contributed by atoms with Gasteiger partial charge in [-0.15, -0.1) is 11.3 Å². The molecule has 0 bridgehead atoms. The zero-order valence-corrected chi connectivity index (χ0v) is 18.2. The molecule has 2 aromatic rings. The Balaban J connectivity index is 1.60. The van der Waals surface area contributed by atoms with Crippen LogP contribution in [0.4, 0.5) is 5.00 Å². The predicted molar refractivity (Wildman–Crippen MR) is 116 cm³/mol. The average molecular weight is 416 g/mol. The van der Waals surface area contributed by atoms with E-state index < -0.39 is 0 Å². The van der Waals surface area contributed by atoms with Crippen LogP contribution in [-0.2, 0) is 22.4 Å². The number of ether oxygens (including phenoxy) is 2. The number of carbonyl (C=O) groups is 2. The van der Waals surface area contributed by atoms with Gasteiger partial charge in [-0.1, -0.05) is 25.1 Å². The SMILES string of the molecule is CCOC(=O)c1c(NC(=O)CCCOc2ccccc2C)sc2c1CC[C@H](C)C2. The van der Waals surface area contributed by atoms with E-state index in [9.17, 15) is 9.59 Å². The number of aryl methyl sites for hydroxylation is 1. The molecule has 1 heterocycles. The van der Waals surface area contributed by atoms with Crippen LogP contribution in [-0.4, -0.2) is 25.1 Å².